The van der Waals surface area contributed by atoms with Gasteiger partial charge in [0.2, 0.25) is 0 Å². The number of pyridine rings is 1. The molecular weight excluding hydrogens is 352 g/mol. The van der Waals surface area contributed by atoms with E-state index in [2.05, 4.69) is 27.3 Å². The third-order valence-corrected chi connectivity index (χ3v) is 5.22. The Morgan fingerprint density at radius 2 is 2.00 bits per heavy atom. The Kier molecular flexibility index (Phi) is 6.87. The van der Waals surface area contributed by atoms with E-state index in [1.807, 2.05) is 37.2 Å². The number of aromatic nitrogens is 1. The zero-order valence-corrected chi connectivity index (χ0v) is 17.0. The van der Waals surface area contributed by atoms with Gasteiger partial charge in [0.1, 0.15) is 11.6 Å². The summed E-state index contributed by atoms with van der Waals surface area (Å²) < 4.78 is 5.41. The Hall–Kier alpha value is -2.60. The number of ether oxygens (including phenoxy) is 1. The predicted octanol–water partition coefficient (Wildman–Crippen LogP) is 3.11. The van der Waals surface area contributed by atoms with Crippen LogP contribution < -0.4 is 15.0 Å². The maximum atomic E-state index is 12.9. The summed E-state index contributed by atoms with van der Waals surface area (Å²) in [4.78, 5) is 21.6. The smallest absolute Gasteiger partial charge is 0.255 e. The first kappa shape index (κ1) is 20.1. The van der Waals surface area contributed by atoms with Crippen LogP contribution in [0.15, 0.2) is 42.6 Å². The molecule has 0 radical (unpaired) electrons. The minimum Gasteiger partial charge on any atom is -0.497 e. The Morgan fingerprint density at radius 3 is 2.71 bits per heavy atom. The molecule has 1 aliphatic rings. The monoisotopic (exact) mass is 382 g/mol. The van der Waals surface area contributed by atoms with Crippen LogP contribution in [0.25, 0.3) is 0 Å². The second kappa shape index (κ2) is 9.55. The third-order valence-electron chi connectivity index (χ3n) is 5.22. The first-order valence-electron chi connectivity index (χ1n) is 9.88. The number of carbonyl (C=O) groups is 1. The van der Waals surface area contributed by atoms with Crippen molar-refractivity contribution in [2.75, 3.05) is 45.7 Å². The van der Waals surface area contributed by atoms with Gasteiger partial charge in [0.25, 0.3) is 5.91 Å². The van der Waals surface area contributed by atoms with E-state index in [1.54, 1.807) is 19.4 Å². The number of anilines is 1. The average molecular weight is 383 g/mol. The van der Waals surface area contributed by atoms with Gasteiger partial charge in [-0.3, -0.25) is 9.69 Å². The van der Waals surface area contributed by atoms with Gasteiger partial charge >= 0.3 is 0 Å². The molecule has 1 aromatic carbocycles. The van der Waals surface area contributed by atoms with Crippen molar-refractivity contribution in [1.29, 1.82) is 0 Å². The fourth-order valence-electron chi connectivity index (χ4n) is 3.75. The number of methoxy groups -OCH3 is 1. The number of amides is 1. The van der Waals surface area contributed by atoms with Gasteiger partial charge in [0.05, 0.1) is 18.7 Å². The van der Waals surface area contributed by atoms with E-state index < -0.39 is 0 Å². The van der Waals surface area contributed by atoms with E-state index in [9.17, 15) is 4.79 Å². The van der Waals surface area contributed by atoms with E-state index in [0.717, 1.165) is 18.8 Å². The molecule has 0 spiro atoms. The number of rotatable bonds is 7. The van der Waals surface area contributed by atoms with Crippen LogP contribution >= 0.6 is 0 Å². The summed E-state index contributed by atoms with van der Waals surface area (Å²) in [5.74, 6) is 1.42. The van der Waals surface area contributed by atoms with Crippen molar-refractivity contribution in [1.82, 2.24) is 15.2 Å². The quantitative estimate of drug-likeness (QED) is 0.797. The summed E-state index contributed by atoms with van der Waals surface area (Å²) in [7, 11) is 5.47. The van der Waals surface area contributed by atoms with Crippen molar-refractivity contribution in [2.24, 2.45) is 0 Å². The number of nitrogens with zero attached hydrogens (tertiary/aromatic N) is 3. The van der Waals surface area contributed by atoms with Gasteiger partial charge in [-0.25, -0.2) is 4.98 Å². The summed E-state index contributed by atoms with van der Waals surface area (Å²) in [6.45, 7) is 2.65. The van der Waals surface area contributed by atoms with E-state index >= 15 is 0 Å². The molecule has 1 atom stereocenters. The Labute approximate surface area is 167 Å². The van der Waals surface area contributed by atoms with Gasteiger partial charge in [0.15, 0.2) is 0 Å². The van der Waals surface area contributed by atoms with E-state index in [4.69, 9.17) is 4.74 Å². The zero-order chi connectivity index (χ0) is 19.9. The highest BCUT2D eigenvalue weighted by atomic mass is 16.5. The SMILES string of the molecule is COc1cccc(C(CNC(=O)c2cccnc2N(C)C)N2CCCCC2)c1. The van der Waals surface area contributed by atoms with Gasteiger partial charge in [-0.2, -0.15) is 0 Å². The number of benzene rings is 1. The molecule has 1 aliphatic heterocycles. The molecule has 1 saturated heterocycles. The van der Waals surface area contributed by atoms with Gasteiger partial charge < -0.3 is 15.0 Å². The molecule has 1 aromatic heterocycles. The molecule has 0 aliphatic carbocycles. The van der Waals surface area contributed by atoms with Gasteiger partial charge in [0, 0.05) is 26.8 Å². The van der Waals surface area contributed by atoms with E-state index in [0.29, 0.717) is 17.9 Å². The molecule has 2 heterocycles. The minimum absolute atomic E-state index is 0.0956. The molecule has 1 unspecified atom stereocenters. The fraction of sp³-hybridized carbons (Fsp3) is 0.455. The van der Waals surface area contributed by atoms with Crippen LogP contribution in [0.1, 0.15) is 41.2 Å². The predicted molar refractivity (Wildman–Crippen MR) is 112 cm³/mol. The molecular formula is C22H30N4O2. The molecule has 1 amide bonds. The first-order chi connectivity index (χ1) is 13.6. The van der Waals surface area contributed by atoms with Crippen LogP contribution in [0.3, 0.4) is 0 Å². The van der Waals surface area contributed by atoms with Crippen molar-refractivity contribution in [2.45, 2.75) is 25.3 Å². The maximum Gasteiger partial charge on any atom is 0.255 e. The summed E-state index contributed by atoms with van der Waals surface area (Å²) in [6, 6.07) is 11.9. The lowest BCUT2D eigenvalue weighted by Crippen LogP contribution is -2.40. The molecule has 2 aromatic rings. The van der Waals surface area contributed by atoms with Crippen LogP contribution in [-0.4, -0.2) is 56.6 Å². The molecule has 0 bridgehead atoms. The molecule has 1 fully saturated rings. The van der Waals surface area contributed by atoms with Gasteiger partial charge in [-0.05, 0) is 55.8 Å². The second-order valence-corrected chi connectivity index (χ2v) is 7.37. The summed E-state index contributed by atoms with van der Waals surface area (Å²) >= 11 is 0. The number of piperidine rings is 1. The molecule has 3 rings (SSSR count). The average Bonchev–Trinajstić information content (AvgIpc) is 2.74. The Bertz CT molecular complexity index is 788. The normalized spacial score (nSPS) is 15.7. The third kappa shape index (κ3) is 4.81. The van der Waals surface area contributed by atoms with Crippen LogP contribution in [0.4, 0.5) is 5.82 Å². The lowest BCUT2D eigenvalue weighted by atomic mass is 10.0. The van der Waals surface area contributed by atoms with Crippen molar-refractivity contribution < 1.29 is 9.53 Å². The highest BCUT2D eigenvalue weighted by molar-refractivity contribution is 5.98. The van der Waals surface area contributed by atoms with Crippen molar-refractivity contribution in [3.8, 4) is 5.75 Å². The van der Waals surface area contributed by atoms with Crippen molar-refractivity contribution >= 4 is 11.7 Å². The lowest BCUT2D eigenvalue weighted by molar-refractivity contribution is 0.0924. The zero-order valence-electron chi connectivity index (χ0n) is 17.0. The topological polar surface area (TPSA) is 57.7 Å². The maximum absolute atomic E-state index is 12.9. The van der Waals surface area contributed by atoms with Gasteiger partial charge in [-0.1, -0.05) is 18.6 Å². The fourth-order valence-corrected chi connectivity index (χ4v) is 3.75. The minimum atomic E-state index is -0.0956. The van der Waals surface area contributed by atoms with Crippen molar-refractivity contribution in [3.05, 3.63) is 53.7 Å². The molecule has 28 heavy (non-hydrogen) atoms. The number of carbonyl (C=O) groups excluding carboxylic acids is 1. The number of hydrogen-bond donors (Lipinski definition) is 1. The van der Waals surface area contributed by atoms with Crippen LogP contribution in [0.2, 0.25) is 0 Å². The Balaban J connectivity index is 1.79. The van der Waals surface area contributed by atoms with E-state index in [1.165, 1.54) is 24.8 Å². The first-order valence-corrected chi connectivity index (χ1v) is 9.88. The Morgan fingerprint density at radius 1 is 1.21 bits per heavy atom. The summed E-state index contributed by atoms with van der Waals surface area (Å²) in [5.41, 5.74) is 1.76. The highest BCUT2D eigenvalue weighted by Gasteiger charge is 2.24. The summed E-state index contributed by atoms with van der Waals surface area (Å²) in [6.07, 6.45) is 5.37. The number of hydrogen-bond acceptors (Lipinski definition) is 5. The standard InChI is InChI=1S/C22H30N4O2/c1-25(2)21-19(11-8-12-23-21)22(27)24-16-20(26-13-5-4-6-14-26)17-9-7-10-18(15-17)28-3/h7-12,15,20H,4-6,13-14,16H2,1-3H3,(H,24,27). The number of likely N-dealkylation sites (tertiary alicyclic amines) is 1. The highest BCUT2D eigenvalue weighted by Crippen LogP contribution is 2.27. The van der Waals surface area contributed by atoms with Crippen LogP contribution in [-0.2, 0) is 0 Å². The second-order valence-electron chi connectivity index (χ2n) is 7.37. The lowest BCUT2D eigenvalue weighted by Gasteiger charge is -2.35. The van der Waals surface area contributed by atoms with Crippen LogP contribution in [0, 0.1) is 0 Å². The van der Waals surface area contributed by atoms with E-state index in [-0.39, 0.29) is 11.9 Å². The molecule has 1 N–H and O–H groups in total. The molecule has 6 nitrogen and oxygen atoms in total. The van der Waals surface area contributed by atoms with Crippen molar-refractivity contribution in [3.63, 3.8) is 0 Å². The largest absolute Gasteiger partial charge is 0.497 e. The van der Waals surface area contributed by atoms with Gasteiger partial charge in [-0.15, -0.1) is 0 Å². The number of nitrogens with one attached hydrogen (secondary N) is 1. The molecule has 6 heteroatoms. The molecule has 0 saturated carbocycles. The molecule has 150 valence electrons. The summed E-state index contributed by atoms with van der Waals surface area (Å²) in [5, 5.41) is 3.14. The van der Waals surface area contributed by atoms with Crippen LogP contribution in [0.5, 0.6) is 5.75 Å².